The van der Waals surface area contributed by atoms with E-state index < -0.39 is 0 Å². The van der Waals surface area contributed by atoms with Crippen LogP contribution in [0.4, 0.5) is 0 Å². The molecule has 0 amide bonds. The molecule has 0 aromatic carbocycles. The summed E-state index contributed by atoms with van der Waals surface area (Å²) in [4.78, 5) is 0. The van der Waals surface area contributed by atoms with E-state index in [9.17, 15) is 0 Å². The zero-order valence-electron chi connectivity index (χ0n) is 7.72. The SMILES string of the molecule is CC1CC(C#N)CCC1(C)C. The van der Waals surface area contributed by atoms with Crippen LogP contribution in [0.2, 0.25) is 0 Å². The Morgan fingerprint density at radius 2 is 2.09 bits per heavy atom. The maximum atomic E-state index is 8.73. The molecular formula is C10H17N. The molecule has 0 saturated heterocycles. The molecule has 62 valence electrons. The third-order valence-electron chi connectivity index (χ3n) is 3.29. The van der Waals surface area contributed by atoms with Crippen LogP contribution in [0.5, 0.6) is 0 Å². The van der Waals surface area contributed by atoms with Crippen LogP contribution in [0.25, 0.3) is 0 Å². The largest absolute Gasteiger partial charge is 0.198 e. The van der Waals surface area contributed by atoms with Crippen LogP contribution in [0.1, 0.15) is 40.0 Å². The lowest BCUT2D eigenvalue weighted by atomic mass is 9.67. The Morgan fingerprint density at radius 3 is 2.55 bits per heavy atom. The molecule has 1 aliphatic carbocycles. The van der Waals surface area contributed by atoms with Crippen molar-refractivity contribution in [2.45, 2.75) is 40.0 Å². The van der Waals surface area contributed by atoms with Gasteiger partial charge in [0.15, 0.2) is 0 Å². The molecule has 1 nitrogen and oxygen atoms in total. The van der Waals surface area contributed by atoms with Gasteiger partial charge in [-0.15, -0.1) is 0 Å². The summed E-state index contributed by atoms with van der Waals surface area (Å²) >= 11 is 0. The molecule has 11 heavy (non-hydrogen) atoms. The van der Waals surface area contributed by atoms with E-state index in [0.29, 0.717) is 17.3 Å². The summed E-state index contributed by atoms with van der Waals surface area (Å²) < 4.78 is 0. The molecule has 0 spiro atoms. The van der Waals surface area contributed by atoms with Crippen molar-refractivity contribution in [2.24, 2.45) is 17.3 Å². The molecule has 2 atom stereocenters. The number of hydrogen-bond acceptors (Lipinski definition) is 1. The topological polar surface area (TPSA) is 23.8 Å². The minimum Gasteiger partial charge on any atom is -0.198 e. The summed E-state index contributed by atoms with van der Waals surface area (Å²) in [7, 11) is 0. The van der Waals surface area contributed by atoms with Crippen LogP contribution < -0.4 is 0 Å². The first kappa shape index (κ1) is 8.59. The van der Waals surface area contributed by atoms with Gasteiger partial charge in [0.25, 0.3) is 0 Å². The van der Waals surface area contributed by atoms with Crippen molar-refractivity contribution in [3.8, 4) is 6.07 Å². The molecule has 1 rings (SSSR count). The lowest BCUT2D eigenvalue weighted by molar-refractivity contribution is 0.131. The zero-order valence-corrected chi connectivity index (χ0v) is 7.72. The van der Waals surface area contributed by atoms with E-state index >= 15 is 0 Å². The molecule has 0 aliphatic heterocycles. The molecule has 0 aromatic rings. The Kier molecular flexibility index (Phi) is 2.23. The fourth-order valence-electron chi connectivity index (χ4n) is 1.77. The fraction of sp³-hybridized carbons (Fsp3) is 0.900. The first-order valence-electron chi connectivity index (χ1n) is 4.46. The number of rotatable bonds is 0. The average Bonchev–Trinajstić information content (AvgIpc) is 1.95. The van der Waals surface area contributed by atoms with E-state index in [0.717, 1.165) is 12.8 Å². The average molecular weight is 151 g/mol. The third-order valence-corrected chi connectivity index (χ3v) is 3.29. The highest BCUT2D eigenvalue weighted by Gasteiger charge is 2.33. The highest BCUT2D eigenvalue weighted by molar-refractivity contribution is 4.92. The Morgan fingerprint density at radius 1 is 1.45 bits per heavy atom. The van der Waals surface area contributed by atoms with E-state index in [1.165, 1.54) is 6.42 Å². The van der Waals surface area contributed by atoms with Crippen LogP contribution in [-0.2, 0) is 0 Å². The lowest BCUT2D eigenvalue weighted by Crippen LogP contribution is -2.29. The number of nitriles is 1. The number of hydrogen-bond donors (Lipinski definition) is 0. The van der Waals surface area contributed by atoms with Gasteiger partial charge in [0.05, 0.1) is 6.07 Å². The van der Waals surface area contributed by atoms with Crippen LogP contribution in [0.3, 0.4) is 0 Å². The molecule has 1 saturated carbocycles. The molecule has 0 radical (unpaired) electrons. The van der Waals surface area contributed by atoms with Crippen molar-refractivity contribution in [2.75, 3.05) is 0 Å². The monoisotopic (exact) mass is 151 g/mol. The molecule has 0 aromatic heterocycles. The van der Waals surface area contributed by atoms with Crippen molar-refractivity contribution in [1.29, 1.82) is 5.26 Å². The van der Waals surface area contributed by atoms with Crippen molar-refractivity contribution in [3.05, 3.63) is 0 Å². The van der Waals surface area contributed by atoms with Gasteiger partial charge < -0.3 is 0 Å². The van der Waals surface area contributed by atoms with E-state index in [4.69, 9.17) is 5.26 Å². The molecule has 0 heterocycles. The van der Waals surface area contributed by atoms with Crippen molar-refractivity contribution < 1.29 is 0 Å². The molecular weight excluding hydrogens is 134 g/mol. The predicted octanol–water partition coefficient (Wildman–Crippen LogP) is 2.97. The van der Waals surface area contributed by atoms with Crippen molar-refractivity contribution in [1.82, 2.24) is 0 Å². The van der Waals surface area contributed by atoms with E-state index in [-0.39, 0.29) is 0 Å². The molecule has 0 N–H and O–H groups in total. The lowest BCUT2D eigenvalue weighted by Gasteiger charge is -2.38. The van der Waals surface area contributed by atoms with Gasteiger partial charge in [0.1, 0.15) is 0 Å². The van der Waals surface area contributed by atoms with Crippen LogP contribution >= 0.6 is 0 Å². The smallest absolute Gasteiger partial charge is 0.0655 e. The first-order valence-corrected chi connectivity index (χ1v) is 4.46. The van der Waals surface area contributed by atoms with Crippen LogP contribution in [0.15, 0.2) is 0 Å². The zero-order chi connectivity index (χ0) is 8.48. The van der Waals surface area contributed by atoms with E-state index in [2.05, 4.69) is 26.8 Å². The second-order valence-corrected chi connectivity index (χ2v) is 4.49. The predicted molar refractivity (Wildman–Crippen MR) is 45.9 cm³/mol. The fourth-order valence-corrected chi connectivity index (χ4v) is 1.77. The van der Waals surface area contributed by atoms with Crippen LogP contribution in [-0.4, -0.2) is 0 Å². The number of nitrogens with zero attached hydrogens (tertiary/aromatic N) is 1. The Hall–Kier alpha value is -0.510. The van der Waals surface area contributed by atoms with E-state index in [1.807, 2.05) is 0 Å². The standard InChI is InChI=1S/C10H17N/c1-8-6-9(7-11)4-5-10(8,2)3/h8-9H,4-6H2,1-3H3. The Labute approximate surface area is 69.4 Å². The molecule has 1 fully saturated rings. The summed E-state index contributed by atoms with van der Waals surface area (Å²) in [6.45, 7) is 6.89. The van der Waals surface area contributed by atoms with Gasteiger partial charge in [-0.05, 0) is 30.6 Å². The van der Waals surface area contributed by atoms with Gasteiger partial charge >= 0.3 is 0 Å². The summed E-state index contributed by atoms with van der Waals surface area (Å²) in [5.74, 6) is 1.04. The Bertz CT molecular complexity index is 176. The third kappa shape index (κ3) is 1.74. The molecule has 0 bridgehead atoms. The first-order chi connectivity index (χ1) is 5.06. The summed E-state index contributed by atoms with van der Waals surface area (Å²) in [6, 6.07) is 2.37. The van der Waals surface area contributed by atoms with Gasteiger partial charge in [-0.25, -0.2) is 0 Å². The highest BCUT2D eigenvalue weighted by atomic mass is 14.4. The maximum absolute atomic E-state index is 8.73. The highest BCUT2D eigenvalue weighted by Crippen LogP contribution is 2.42. The Balaban J connectivity index is 2.57. The maximum Gasteiger partial charge on any atom is 0.0655 e. The van der Waals surface area contributed by atoms with Gasteiger partial charge in [-0.2, -0.15) is 5.26 Å². The molecule has 1 heteroatoms. The quantitative estimate of drug-likeness (QED) is 0.522. The molecule has 2 unspecified atom stereocenters. The van der Waals surface area contributed by atoms with Gasteiger partial charge in [-0.3, -0.25) is 0 Å². The second-order valence-electron chi connectivity index (χ2n) is 4.49. The second kappa shape index (κ2) is 2.85. The van der Waals surface area contributed by atoms with Gasteiger partial charge in [0.2, 0.25) is 0 Å². The summed E-state index contributed by atoms with van der Waals surface area (Å²) in [6.07, 6.45) is 3.42. The van der Waals surface area contributed by atoms with E-state index in [1.54, 1.807) is 0 Å². The normalized spacial score (nSPS) is 36.2. The summed E-state index contributed by atoms with van der Waals surface area (Å²) in [5, 5.41) is 8.73. The molecule has 1 aliphatic rings. The minimum absolute atomic E-state index is 0.332. The van der Waals surface area contributed by atoms with Gasteiger partial charge in [-0.1, -0.05) is 20.8 Å². The van der Waals surface area contributed by atoms with Gasteiger partial charge in [0, 0.05) is 5.92 Å². The van der Waals surface area contributed by atoms with Crippen LogP contribution in [0, 0.1) is 28.6 Å². The summed E-state index contributed by atoms with van der Waals surface area (Å²) in [5.41, 5.74) is 0.466. The minimum atomic E-state index is 0.332. The van der Waals surface area contributed by atoms with Crippen molar-refractivity contribution >= 4 is 0 Å². The van der Waals surface area contributed by atoms with Crippen molar-refractivity contribution in [3.63, 3.8) is 0 Å².